The van der Waals surface area contributed by atoms with Crippen LogP contribution >= 0.6 is 0 Å². The van der Waals surface area contributed by atoms with E-state index in [0.29, 0.717) is 17.5 Å². The van der Waals surface area contributed by atoms with E-state index in [9.17, 15) is 24.0 Å². The summed E-state index contributed by atoms with van der Waals surface area (Å²) in [5.41, 5.74) is 1.97. The molecule has 1 fully saturated rings. The van der Waals surface area contributed by atoms with Gasteiger partial charge in [0, 0.05) is 32.6 Å². The van der Waals surface area contributed by atoms with Gasteiger partial charge in [0.25, 0.3) is 5.91 Å². The van der Waals surface area contributed by atoms with Crippen molar-refractivity contribution in [3.8, 4) is 0 Å². The Bertz CT molecular complexity index is 1310. The van der Waals surface area contributed by atoms with Gasteiger partial charge in [0.1, 0.15) is 12.6 Å². The second-order valence-corrected chi connectivity index (χ2v) is 9.59. The van der Waals surface area contributed by atoms with E-state index in [4.69, 9.17) is 24.1 Å². The number of aliphatic hydroxyl groups excluding tert-OH is 1. The van der Waals surface area contributed by atoms with Crippen molar-refractivity contribution in [3.63, 3.8) is 0 Å². The minimum absolute atomic E-state index is 0.0295. The number of hydrogen-bond donors (Lipinski definition) is 1. The summed E-state index contributed by atoms with van der Waals surface area (Å²) in [6.07, 6.45) is -3.04. The molecule has 1 aliphatic rings. The number of amides is 2. The molecule has 1 aliphatic heterocycles. The molecule has 0 unspecified atom stereocenters. The summed E-state index contributed by atoms with van der Waals surface area (Å²) in [5.74, 6) is -3.07. The molecule has 1 N–H and O–H groups in total. The summed E-state index contributed by atoms with van der Waals surface area (Å²) in [6.45, 7) is 3.01. The number of Topliss-reactive ketones (excluding diaryl/α,β-unsaturated/α-hetero) is 1. The van der Waals surface area contributed by atoms with Gasteiger partial charge in [-0.15, -0.1) is 0 Å². The number of esters is 1. The Kier molecular flexibility index (Phi) is 12.1. The molecule has 0 spiro atoms. The van der Waals surface area contributed by atoms with Crippen LogP contribution in [0.25, 0.3) is 5.57 Å². The molecule has 0 bridgehead atoms. The van der Waals surface area contributed by atoms with E-state index in [1.807, 2.05) is 13.0 Å². The maximum atomic E-state index is 13.7. The van der Waals surface area contributed by atoms with E-state index in [1.165, 1.54) is 0 Å². The Balaban J connectivity index is 1.95. The number of carbonyl (C=O) groups is 5. The van der Waals surface area contributed by atoms with Gasteiger partial charge in [-0.2, -0.15) is 0 Å². The number of aliphatic hydroxyl groups is 1. The molecule has 1 saturated heterocycles. The van der Waals surface area contributed by atoms with Crippen LogP contribution in [-0.4, -0.2) is 85.3 Å². The molecule has 2 aromatic rings. The summed E-state index contributed by atoms with van der Waals surface area (Å²) in [7, 11) is 1.15. The standard InChI is InChI=1S/C31H35NO10/c1-20-9-7-12-23(17-20)24(26(35)13-8-15-40-16-14-33)18-27(36)28(42-21(2)34)29(39-3)30(37)32-25(19-41-31(32)38)22-10-5-4-6-11-22/h4-7,9-12,17-18,25,28-29,33H,8,13-16,19H2,1-3H3/t25-,28-,29+/m0/s1. The summed E-state index contributed by atoms with van der Waals surface area (Å²) in [6, 6.07) is 14.9. The first-order valence-electron chi connectivity index (χ1n) is 13.5. The number of imide groups is 1. The van der Waals surface area contributed by atoms with Gasteiger partial charge in [-0.05, 0) is 30.5 Å². The molecule has 11 nitrogen and oxygen atoms in total. The van der Waals surface area contributed by atoms with Crippen LogP contribution in [0, 0.1) is 6.92 Å². The number of aryl methyl sites for hydroxylation is 1. The van der Waals surface area contributed by atoms with Crippen molar-refractivity contribution >= 4 is 35.1 Å². The molecule has 0 aromatic heterocycles. The number of cyclic esters (lactones) is 1. The Morgan fingerprint density at radius 3 is 2.45 bits per heavy atom. The monoisotopic (exact) mass is 581 g/mol. The van der Waals surface area contributed by atoms with Crippen molar-refractivity contribution in [2.24, 2.45) is 0 Å². The molecule has 11 heteroatoms. The topological polar surface area (TPSA) is 146 Å². The van der Waals surface area contributed by atoms with Gasteiger partial charge in [0.15, 0.2) is 23.8 Å². The van der Waals surface area contributed by atoms with Crippen LogP contribution in [0.2, 0.25) is 0 Å². The van der Waals surface area contributed by atoms with Crippen molar-refractivity contribution in [3.05, 3.63) is 77.4 Å². The third-order valence-corrected chi connectivity index (χ3v) is 6.48. The molecule has 2 aromatic carbocycles. The minimum atomic E-state index is -1.80. The van der Waals surface area contributed by atoms with Crippen LogP contribution in [0.5, 0.6) is 0 Å². The fourth-order valence-electron chi connectivity index (χ4n) is 4.52. The van der Waals surface area contributed by atoms with Crippen LogP contribution < -0.4 is 0 Å². The molecular formula is C31H35NO10. The molecule has 0 radical (unpaired) electrons. The Morgan fingerprint density at radius 1 is 1.07 bits per heavy atom. The van der Waals surface area contributed by atoms with Gasteiger partial charge < -0.3 is 24.1 Å². The van der Waals surface area contributed by atoms with Crippen molar-refractivity contribution in [2.75, 3.05) is 33.5 Å². The van der Waals surface area contributed by atoms with Gasteiger partial charge in [-0.1, -0.05) is 60.2 Å². The molecule has 2 amide bonds. The van der Waals surface area contributed by atoms with Crippen molar-refractivity contribution in [1.29, 1.82) is 0 Å². The highest BCUT2D eigenvalue weighted by atomic mass is 16.6. The van der Waals surface area contributed by atoms with Crippen molar-refractivity contribution in [2.45, 2.75) is 44.9 Å². The van der Waals surface area contributed by atoms with E-state index in [-0.39, 0.29) is 44.2 Å². The van der Waals surface area contributed by atoms with Crippen LogP contribution in [-0.2, 0) is 38.1 Å². The second-order valence-electron chi connectivity index (χ2n) is 9.59. The lowest BCUT2D eigenvalue weighted by atomic mass is 9.94. The maximum absolute atomic E-state index is 13.7. The van der Waals surface area contributed by atoms with Gasteiger partial charge in [-0.3, -0.25) is 19.2 Å². The number of hydrogen-bond acceptors (Lipinski definition) is 10. The third-order valence-electron chi connectivity index (χ3n) is 6.48. The predicted molar refractivity (Wildman–Crippen MR) is 150 cm³/mol. The van der Waals surface area contributed by atoms with E-state index >= 15 is 0 Å². The van der Waals surface area contributed by atoms with Gasteiger partial charge in [-0.25, -0.2) is 9.69 Å². The van der Waals surface area contributed by atoms with Gasteiger partial charge in [0.2, 0.25) is 0 Å². The zero-order valence-electron chi connectivity index (χ0n) is 23.8. The summed E-state index contributed by atoms with van der Waals surface area (Å²) < 4.78 is 21.0. The number of ketones is 2. The molecule has 3 rings (SSSR count). The zero-order valence-corrected chi connectivity index (χ0v) is 23.8. The highest BCUT2D eigenvalue weighted by molar-refractivity contribution is 6.25. The SMILES string of the molecule is CO[C@@H](C(=O)N1C(=O)OC[C@H]1c1ccccc1)[C@@H](OC(C)=O)C(=O)C=C(C(=O)CCCOCCO)c1cccc(C)c1. The highest BCUT2D eigenvalue weighted by Crippen LogP contribution is 2.30. The van der Waals surface area contributed by atoms with Gasteiger partial charge in [0.05, 0.1) is 13.2 Å². The van der Waals surface area contributed by atoms with Crippen molar-refractivity contribution < 1.29 is 48.0 Å². The van der Waals surface area contributed by atoms with Crippen molar-refractivity contribution in [1.82, 2.24) is 4.90 Å². The number of methoxy groups -OCH3 is 1. The minimum Gasteiger partial charge on any atom is -0.451 e. The number of carbonyl (C=O) groups excluding carboxylic acids is 5. The molecular weight excluding hydrogens is 546 g/mol. The summed E-state index contributed by atoms with van der Waals surface area (Å²) >= 11 is 0. The largest absolute Gasteiger partial charge is 0.451 e. The van der Waals surface area contributed by atoms with Crippen LogP contribution in [0.3, 0.4) is 0 Å². The van der Waals surface area contributed by atoms with Crippen LogP contribution in [0.1, 0.15) is 42.5 Å². The Morgan fingerprint density at radius 2 is 1.81 bits per heavy atom. The average Bonchev–Trinajstić information content (AvgIpc) is 3.36. The first-order chi connectivity index (χ1) is 20.2. The van der Waals surface area contributed by atoms with E-state index in [1.54, 1.807) is 48.5 Å². The van der Waals surface area contributed by atoms with Crippen LogP contribution in [0.4, 0.5) is 4.79 Å². The second kappa shape index (κ2) is 15.7. The number of allylic oxidation sites excluding steroid dienone is 1. The Labute approximate surface area is 244 Å². The normalized spacial score (nSPS) is 16.5. The van der Waals surface area contributed by atoms with E-state index in [2.05, 4.69) is 0 Å². The number of rotatable bonds is 15. The van der Waals surface area contributed by atoms with E-state index < -0.39 is 42.0 Å². The molecule has 3 atom stereocenters. The first kappa shape index (κ1) is 32.3. The number of benzene rings is 2. The molecule has 1 heterocycles. The lowest BCUT2D eigenvalue weighted by molar-refractivity contribution is -0.166. The lowest BCUT2D eigenvalue weighted by Crippen LogP contribution is -2.51. The number of ether oxygens (including phenoxy) is 4. The lowest BCUT2D eigenvalue weighted by Gasteiger charge is -2.28. The first-order valence-corrected chi connectivity index (χ1v) is 13.5. The fraction of sp³-hybridized carbons (Fsp3) is 0.387. The molecule has 42 heavy (non-hydrogen) atoms. The maximum Gasteiger partial charge on any atom is 0.417 e. The number of nitrogens with zero attached hydrogens (tertiary/aromatic N) is 1. The quantitative estimate of drug-likeness (QED) is 0.189. The van der Waals surface area contributed by atoms with Crippen LogP contribution in [0.15, 0.2) is 60.7 Å². The highest BCUT2D eigenvalue weighted by Gasteiger charge is 2.46. The van der Waals surface area contributed by atoms with E-state index in [0.717, 1.165) is 30.6 Å². The predicted octanol–water partition coefficient (Wildman–Crippen LogP) is 2.97. The summed E-state index contributed by atoms with van der Waals surface area (Å²) in [4.78, 5) is 66.2. The van der Waals surface area contributed by atoms with Gasteiger partial charge >= 0.3 is 12.1 Å². The molecule has 224 valence electrons. The third kappa shape index (κ3) is 8.41. The Hall–Kier alpha value is -4.19. The average molecular weight is 582 g/mol. The molecule has 0 aliphatic carbocycles. The smallest absolute Gasteiger partial charge is 0.417 e. The summed E-state index contributed by atoms with van der Waals surface area (Å²) in [5, 5.41) is 8.87. The zero-order chi connectivity index (χ0) is 30.6. The molecule has 0 saturated carbocycles. The fourth-order valence-corrected chi connectivity index (χ4v) is 4.52.